The molecule has 3 amide bonds. The number of thioether (sulfide) groups is 1. The van der Waals surface area contributed by atoms with Gasteiger partial charge in [0.05, 0.1) is 37.6 Å². The van der Waals surface area contributed by atoms with Crippen LogP contribution in [-0.4, -0.2) is 61.9 Å². The van der Waals surface area contributed by atoms with Gasteiger partial charge in [-0.3, -0.25) is 9.69 Å². The Bertz CT molecular complexity index is 1010. The average Bonchev–Trinajstić information content (AvgIpc) is 3.14. The summed E-state index contributed by atoms with van der Waals surface area (Å²) in [7, 11) is 4.75. The normalized spacial score (nSPS) is 17.4. The number of nitrogens with zero attached hydrogens (tertiary/aromatic N) is 2. The van der Waals surface area contributed by atoms with Gasteiger partial charge in [0.1, 0.15) is 17.2 Å². The van der Waals surface area contributed by atoms with Gasteiger partial charge in [0.25, 0.3) is 0 Å². The molecule has 2 aliphatic heterocycles. The van der Waals surface area contributed by atoms with Crippen molar-refractivity contribution >= 4 is 35.1 Å². The number of methoxy groups -OCH3 is 3. The highest BCUT2D eigenvalue weighted by atomic mass is 32.2. The molecule has 32 heavy (non-hydrogen) atoms. The molecule has 0 bridgehead atoms. The molecule has 2 aromatic carbocycles. The number of carbonyl (C=O) groups is 2. The summed E-state index contributed by atoms with van der Waals surface area (Å²) in [6.45, 7) is 1.09. The summed E-state index contributed by atoms with van der Waals surface area (Å²) in [5.41, 5.74) is 1.42. The van der Waals surface area contributed by atoms with Crippen molar-refractivity contribution in [3.05, 3.63) is 42.5 Å². The van der Waals surface area contributed by atoms with E-state index in [0.29, 0.717) is 54.6 Å². The van der Waals surface area contributed by atoms with E-state index < -0.39 is 0 Å². The third-order valence-electron chi connectivity index (χ3n) is 5.91. The van der Waals surface area contributed by atoms with Crippen LogP contribution in [0.5, 0.6) is 17.2 Å². The van der Waals surface area contributed by atoms with Crippen LogP contribution < -0.4 is 24.4 Å². The zero-order chi connectivity index (χ0) is 22.7. The van der Waals surface area contributed by atoms with Gasteiger partial charge in [-0.25, -0.2) is 4.79 Å². The molecule has 0 unspecified atom stereocenters. The lowest BCUT2D eigenvalue weighted by atomic mass is 10.0. The first-order chi connectivity index (χ1) is 15.5. The second kappa shape index (κ2) is 9.20. The van der Waals surface area contributed by atoms with E-state index in [1.807, 2.05) is 29.2 Å². The van der Waals surface area contributed by atoms with Gasteiger partial charge in [-0.15, -0.1) is 11.8 Å². The summed E-state index contributed by atoms with van der Waals surface area (Å²) < 4.78 is 15.9. The Balaban J connectivity index is 1.46. The Morgan fingerprint density at radius 2 is 1.72 bits per heavy atom. The van der Waals surface area contributed by atoms with Crippen LogP contribution in [0.25, 0.3) is 0 Å². The molecule has 2 fully saturated rings. The average molecular weight is 458 g/mol. The van der Waals surface area contributed by atoms with Crippen molar-refractivity contribution in [1.82, 2.24) is 4.90 Å². The molecule has 0 aromatic heterocycles. The highest BCUT2D eigenvalue weighted by Crippen LogP contribution is 2.47. The van der Waals surface area contributed by atoms with Gasteiger partial charge in [-0.1, -0.05) is 6.07 Å². The minimum absolute atomic E-state index is 0.0872. The van der Waals surface area contributed by atoms with Crippen LogP contribution in [0, 0.1) is 0 Å². The number of hydrogen-bond donors (Lipinski definition) is 1. The molecule has 0 aliphatic carbocycles. The monoisotopic (exact) mass is 457 g/mol. The summed E-state index contributed by atoms with van der Waals surface area (Å²) in [6.07, 6.45) is 1.38. The van der Waals surface area contributed by atoms with E-state index in [-0.39, 0.29) is 16.8 Å². The molecule has 2 saturated heterocycles. The Hall–Kier alpha value is -3.07. The number of benzene rings is 2. The van der Waals surface area contributed by atoms with Crippen LogP contribution in [0.4, 0.5) is 16.2 Å². The number of urea groups is 1. The third-order valence-corrected chi connectivity index (χ3v) is 7.43. The van der Waals surface area contributed by atoms with Crippen LogP contribution in [-0.2, 0) is 4.79 Å². The molecular weight excluding hydrogens is 430 g/mol. The second-order valence-electron chi connectivity index (χ2n) is 7.65. The molecule has 0 radical (unpaired) electrons. The maximum atomic E-state index is 12.9. The number of rotatable bonds is 5. The first kappa shape index (κ1) is 22.1. The van der Waals surface area contributed by atoms with E-state index in [0.717, 1.165) is 5.69 Å². The van der Waals surface area contributed by atoms with Crippen molar-refractivity contribution < 1.29 is 23.8 Å². The summed E-state index contributed by atoms with van der Waals surface area (Å²) in [5, 5.41) is 2.93. The molecular formula is C23H27N3O5S. The van der Waals surface area contributed by atoms with Gasteiger partial charge in [0.15, 0.2) is 0 Å². The standard InChI is InChI=1S/C23H27N3O5S/c1-29-17-6-4-5-16(13-17)26-21(27)15-32-23(26)9-11-25(12-10-23)22(28)24-19-8-7-18(30-2)14-20(19)31-3/h4-8,13-14H,9-12,15H2,1-3H3,(H,24,28). The smallest absolute Gasteiger partial charge is 0.321 e. The minimum Gasteiger partial charge on any atom is -0.497 e. The molecule has 4 rings (SSSR count). The SMILES string of the molecule is COc1cccc(N2C(=O)CSC23CCN(C(=O)Nc2ccc(OC)cc2OC)CC3)c1. The van der Waals surface area contributed by atoms with E-state index in [9.17, 15) is 9.59 Å². The number of anilines is 2. The van der Waals surface area contributed by atoms with E-state index >= 15 is 0 Å². The van der Waals surface area contributed by atoms with Gasteiger partial charge in [-0.05, 0) is 37.1 Å². The van der Waals surface area contributed by atoms with Crippen molar-refractivity contribution in [3.8, 4) is 17.2 Å². The Labute approximate surface area is 191 Å². The molecule has 0 atom stereocenters. The zero-order valence-corrected chi connectivity index (χ0v) is 19.2. The van der Waals surface area contributed by atoms with E-state index in [1.165, 1.54) is 0 Å². The molecule has 9 heteroatoms. The van der Waals surface area contributed by atoms with Crippen molar-refractivity contribution in [3.63, 3.8) is 0 Å². The molecule has 1 spiro atoms. The van der Waals surface area contributed by atoms with Crippen LogP contribution in [0.3, 0.4) is 0 Å². The highest BCUT2D eigenvalue weighted by molar-refractivity contribution is 8.02. The van der Waals surface area contributed by atoms with E-state index in [4.69, 9.17) is 14.2 Å². The first-order valence-electron chi connectivity index (χ1n) is 10.4. The fourth-order valence-electron chi connectivity index (χ4n) is 4.20. The molecule has 2 aliphatic rings. The Kier molecular flexibility index (Phi) is 6.36. The summed E-state index contributed by atoms with van der Waals surface area (Å²) in [4.78, 5) is 29.0. The molecule has 170 valence electrons. The van der Waals surface area contributed by atoms with Crippen LogP contribution in [0.1, 0.15) is 12.8 Å². The number of likely N-dealkylation sites (tertiary alicyclic amines) is 1. The number of ether oxygens (including phenoxy) is 3. The van der Waals surface area contributed by atoms with E-state index in [1.54, 1.807) is 56.2 Å². The zero-order valence-electron chi connectivity index (χ0n) is 18.4. The van der Waals surface area contributed by atoms with Crippen LogP contribution >= 0.6 is 11.8 Å². The van der Waals surface area contributed by atoms with Crippen LogP contribution in [0.2, 0.25) is 0 Å². The highest BCUT2D eigenvalue weighted by Gasteiger charge is 2.49. The fourth-order valence-corrected chi connectivity index (χ4v) is 5.53. The summed E-state index contributed by atoms with van der Waals surface area (Å²) >= 11 is 1.66. The largest absolute Gasteiger partial charge is 0.497 e. The Morgan fingerprint density at radius 1 is 1.00 bits per heavy atom. The molecule has 2 heterocycles. The lowest BCUT2D eigenvalue weighted by molar-refractivity contribution is -0.116. The van der Waals surface area contributed by atoms with E-state index in [2.05, 4.69) is 5.32 Å². The fraction of sp³-hybridized carbons (Fsp3) is 0.391. The van der Waals surface area contributed by atoms with Gasteiger partial charge >= 0.3 is 6.03 Å². The number of amides is 3. The number of hydrogen-bond acceptors (Lipinski definition) is 6. The second-order valence-corrected chi connectivity index (χ2v) is 8.99. The van der Waals surface area contributed by atoms with Crippen molar-refractivity contribution in [2.75, 3.05) is 50.4 Å². The number of piperidine rings is 1. The predicted molar refractivity (Wildman–Crippen MR) is 125 cm³/mol. The Morgan fingerprint density at radius 3 is 2.41 bits per heavy atom. The molecule has 2 aromatic rings. The molecule has 0 saturated carbocycles. The predicted octanol–water partition coefficient (Wildman–Crippen LogP) is 3.82. The summed E-state index contributed by atoms with van der Waals surface area (Å²) in [6, 6.07) is 12.7. The topological polar surface area (TPSA) is 80.3 Å². The lowest BCUT2D eigenvalue weighted by Gasteiger charge is -2.43. The number of carbonyl (C=O) groups excluding carboxylic acids is 2. The van der Waals surface area contributed by atoms with Gasteiger partial charge < -0.3 is 24.4 Å². The van der Waals surface area contributed by atoms with Crippen molar-refractivity contribution in [2.24, 2.45) is 0 Å². The van der Waals surface area contributed by atoms with Crippen molar-refractivity contribution in [2.45, 2.75) is 17.7 Å². The lowest BCUT2D eigenvalue weighted by Crippen LogP contribution is -2.53. The quantitative estimate of drug-likeness (QED) is 0.735. The van der Waals surface area contributed by atoms with Gasteiger partial charge in [0.2, 0.25) is 5.91 Å². The first-order valence-corrected chi connectivity index (χ1v) is 11.4. The summed E-state index contributed by atoms with van der Waals surface area (Å²) in [5.74, 6) is 2.43. The molecule has 8 nitrogen and oxygen atoms in total. The maximum Gasteiger partial charge on any atom is 0.321 e. The third kappa shape index (κ3) is 4.17. The van der Waals surface area contributed by atoms with Gasteiger partial charge in [0, 0.05) is 30.9 Å². The molecule has 1 N–H and O–H groups in total. The minimum atomic E-state index is -0.349. The van der Waals surface area contributed by atoms with Gasteiger partial charge in [-0.2, -0.15) is 0 Å². The van der Waals surface area contributed by atoms with Crippen molar-refractivity contribution in [1.29, 1.82) is 0 Å². The van der Waals surface area contributed by atoms with Crippen LogP contribution in [0.15, 0.2) is 42.5 Å². The number of nitrogens with one attached hydrogen (secondary N) is 1. The maximum absolute atomic E-state index is 12.9.